The number of hydrogen-bond acceptors (Lipinski definition) is 2. The largest absolute Gasteiger partial charge is 0.497 e. The molecule has 1 aromatic heterocycles. The van der Waals surface area contributed by atoms with Crippen LogP contribution < -0.4 is 4.74 Å². The van der Waals surface area contributed by atoms with Crippen LogP contribution in [0.2, 0.25) is 0 Å². The number of halogens is 3. The van der Waals surface area contributed by atoms with Crippen LogP contribution in [0.5, 0.6) is 5.75 Å². The number of nitrogens with one attached hydrogen (secondary N) is 1. The monoisotopic (exact) mass is 450 g/mol. The smallest absolute Gasteiger partial charge is 0.227 e. The summed E-state index contributed by atoms with van der Waals surface area (Å²) >= 11 is 0. The van der Waals surface area contributed by atoms with Crippen LogP contribution in [-0.2, 0) is 17.6 Å². The van der Waals surface area contributed by atoms with Gasteiger partial charge in [-0.25, -0.2) is 13.2 Å². The summed E-state index contributed by atoms with van der Waals surface area (Å²) in [7, 11) is 1.57. The van der Waals surface area contributed by atoms with E-state index in [1.165, 1.54) is 4.90 Å². The van der Waals surface area contributed by atoms with E-state index in [4.69, 9.17) is 4.74 Å². The van der Waals surface area contributed by atoms with Gasteiger partial charge in [0, 0.05) is 34.8 Å². The molecule has 0 saturated heterocycles. The van der Waals surface area contributed by atoms with Gasteiger partial charge in [-0.15, -0.1) is 0 Å². The van der Waals surface area contributed by atoms with E-state index in [0.717, 1.165) is 28.1 Å². The first kappa shape index (κ1) is 21.1. The molecule has 1 aliphatic heterocycles. The van der Waals surface area contributed by atoms with Crippen LogP contribution in [0.25, 0.3) is 10.9 Å². The van der Waals surface area contributed by atoms with E-state index in [0.29, 0.717) is 30.5 Å². The lowest BCUT2D eigenvalue weighted by molar-refractivity contribution is -0.132. The number of carbonyl (C=O) groups excluding carboxylic acids is 1. The quantitative estimate of drug-likeness (QED) is 0.429. The number of aromatic amines is 1. The van der Waals surface area contributed by atoms with Gasteiger partial charge in [-0.3, -0.25) is 4.79 Å². The number of amides is 1. The number of methoxy groups -OCH3 is 1. The van der Waals surface area contributed by atoms with Crippen LogP contribution in [0, 0.1) is 17.5 Å². The summed E-state index contributed by atoms with van der Waals surface area (Å²) in [5.41, 5.74) is 3.03. The van der Waals surface area contributed by atoms with Crippen molar-refractivity contribution in [3.8, 4) is 5.75 Å². The van der Waals surface area contributed by atoms with Crippen molar-refractivity contribution in [3.05, 3.63) is 100 Å². The Bertz CT molecular complexity index is 1350. The van der Waals surface area contributed by atoms with Crippen molar-refractivity contribution in [2.24, 2.45) is 0 Å². The zero-order valence-electron chi connectivity index (χ0n) is 17.9. The summed E-state index contributed by atoms with van der Waals surface area (Å²) in [6.45, 7) is 0.311. The third-order valence-corrected chi connectivity index (χ3v) is 6.19. The fourth-order valence-corrected chi connectivity index (χ4v) is 4.61. The predicted octanol–water partition coefficient (Wildman–Crippen LogP) is 5.31. The van der Waals surface area contributed by atoms with Crippen LogP contribution in [0.3, 0.4) is 0 Å². The fourth-order valence-electron chi connectivity index (χ4n) is 4.61. The van der Waals surface area contributed by atoms with Crippen LogP contribution >= 0.6 is 0 Å². The zero-order chi connectivity index (χ0) is 23.1. The van der Waals surface area contributed by atoms with Crippen molar-refractivity contribution in [2.45, 2.75) is 18.9 Å². The maximum absolute atomic E-state index is 15.0. The Morgan fingerprint density at radius 1 is 1.03 bits per heavy atom. The van der Waals surface area contributed by atoms with E-state index in [-0.39, 0.29) is 17.9 Å². The Morgan fingerprint density at radius 2 is 1.79 bits per heavy atom. The van der Waals surface area contributed by atoms with Gasteiger partial charge in [-0.05, 0) is 41.8 Å². The van der Waals surface area contributed by atoms with Gasteiger partial charge in [0.2, 0.25) is 5.91 Å². The molecule has 1 unspecified atom stereocenters. The molecule has 3 aromatic carbocycles. The Kier molecular flexibility index (Phi) is 5.32. The minimum Gasteiger partial charge on any atom is -0.497 e. The Hall–Kier alpha value is -3.74. The molecule has 0 aliphatic carbocycles. The highest BCUT2D eigenvalue weighted by atomic mass is 19.2. The molecule has 1 amide bonds. The molecule has 0 fully saturated rings. The van der Waals surface area contributed by atoms with Crippen LogP contribution in [0.15, 0.2) is 60.7 Å². The van der Waals surface area contributed by atoms with Crippen molar-refractivity contribution in [3.63, 3.8) is 0 Å². The molecule has 1 aliphatic rings. The number of aromatic nitrogens is 1. The number of fused-ring (bicyclic) bond motifs is 3. The molecule has 1 N–H and O–H groups in total. The maximum Gasteiger partial charge on any atom is 0.227 e. The van der Waals surface area contributed by atoms with Gasteiger partial charge in [-0.1, -0.05) is 30.3 Å². The minimum atomic E-state index is -1.27. The van der Waals surface area contributed by atoms with Crippen molar-refractivity contribution < 1.29 is 22.7 Å². The molecule has 1 atom stereocenters. The Morgan fingerprint density at radius 3 is 2.55 bits per heavy atom. The first-order valence-electron chi connectivity index (χ1n) is 10.6. The van der Waals surface area contributed by atoms with Gasteiger partial charge in [-0.2, -0.15) is 0 Å². The first-order chi connectivity index (χ1) is 16.0. The standard InChI is InChI=1S/C26H21F3N2O2/c1-33-16-7-8-23-18(12-16)17-9-10-31(24(32)11-15-5-3-2-4-6-15)26(25(17)30-23)19-13-21(28)22(29)14-20(19)27/h2-8,12-14,26,30H,9-11H2,1H3. The molecule has 4 nitrogen and oxygen atoms in total. The van der Waals surface area contributed by atoms with Gasteiger partial charge < -0.3 is 14.6 Å². The Balaban J connectivity index is 1.65. The number of H-pyrrole nitrogens is 1. The molecular formula is C26H21F3N2O2. The third kappa shape index (κ3) is 3.73. The molecule has 5 rings (SSSR count). The molecule has 0 radical (unpaired) electrons. The summed E-state index contributed by atoms with van der Waals surface area (Å²) in [5, 5.41) is 0.896. The van der Waals surface area contributed by atoms with E-state index >= 15 is 0 Å². The van der Waals surface area contributed by atoms with Crippen molar-refractivity contribution in [1.82, 2.24) is 9.88 Å². The topological polar surface area (TPSA) is 45.3 Å². The van der Waals surface area contributed by atoms with Gasteiger partial charge in [0.05, 0.1) is 13.5 Å². The second-order valence-electron chi connectivity index (χ2n) is 8.12. The van der Waals surface area contributed by atoms with Crippen LogP contribution in [0.1, 0.15) is 28.4 Å². The number of nitrogens with zero attached hydrogens (tertiary/aromatic N) is 1. The highest BCUT2D eigenvalue weighted by Crippen LogP contribution is 2.40. The third-order valence-electron chi connectivity index (χ3n) is 6.19. The van der Waals surface area contributed by atoms with Gasteiger partial charge >= 0.3 is 0 Å². The summed E-state index contributed by atoms with van der Waals surface area (Å²) in [4.78, 5) is 18.2. The zero-order valence-corrected chi connectivity index (χ0v) is 17.9. The molecule has 0 spiro atoms. The van der Waals surface area contributed by atoms with Gasteiger partial charge in [0.1, 0.15) is 17.6 Å². The lowest BCUT2D eigenvalue weighted by atomic mass is 9.91. The number of carbonyl (C=O) groups is 1. The minimum absolute atomic E-state index is 0.0882. The average molecular weight is 450 g/mol. The number of ether oxygens (including phenoxy) is 1. The molecule has 0 saturated carbocycles. The normalized spacial score (nSPS) is 15.5. The number of benzene rings is 3. The second-order valence-corrected chi connectivity index (χ2v) is 8.12. The molecule has 0 bridgehead atoms. The highest BCUT2D eigenvalue weighted by molar-refractivity contribution is 5.88. The summed E-state index contributed by atoms with van der Waals surface area (Å²) in [6.07, 6.45) is 0.650. The van der Waals surface area contributed by atoms with Crippen LogP contribution in [0.4, 0.5) is 13.2 Å². The maximum atomic E-state index is 15.0. The lowest BCUT2D eigenvalue weighted by Gasteiger charge is -2.36. The average Bonchev–Trinajstić information content (AvgIpc) is 3.19. The highest BCUT2D eigenvalue weighted by Gasteiger charge is 2.36. The number of hydrogen-bond donors (Lipinski definition) is 1. The van der Waals surface area contributed by atoms with Crippen molar-refractivity contribution in [1.29, 1.82) is 0 Å². The van der Waals surface area contributed by atoms with Crippen molar-refractivity contribution >= 4 is 16.8 Å². The van der Waals surface area contributed by atoms with Gasteiger partial charge in [0.15, 0.2) is 11.6 Å². The van der Waals surface area contributed by atoms with Crippen LogP contribution in [-0.4, -0.2) is 29.4 Å². The fraction of sp³-hybridized carbons (Fsp3) is 0.192. The van der Waals surface area contributed by atoms with E-state index in [2.05, 4.69) is 4.98 Å². The predicted molar refractivity (Wildman–Crippen MR) is 119 cm³/mol. The summed E-state index contributed by atoms with van der Waals surface area (Å²) in [5.74, 6) is -2.89. The molecule has 168 valence electrons. The van der Waals surface area contributed by atoms with Gasteiger partial charge in [0.25, 0.3) is 0 Å². The molecule has 7 heteroatoms. The molecule has 4 aromatic rings. The molecule has 33 heavy (non-hydrogen) atoms. The Labute approximate surface area is 188 Å². The first-order valence-corrected chi connectivity index (χ1v) is 10.6. The van der Waals surface area contributed by atoms with E-state index in [1.54, 1.807) is 13.2 Å². The SMILES string of the molecule is COc1ccc2[nH]c3c(c2c1)CCN(C(=O)Cc1ccccc1)C3c1cc(F)c(F)cc1F. The van der Waals surface area contributed by atoms with E-state index in [1.807, 2.05) is 42.5 Å². The molecule has 2 heterocycles. The number of rotatable bonds is 4. The summed E-state index contributed by atoms with van der Waals surface area (Å²) in [6, 6.07) is 15.2. The second kappa shape index (κ2) is 8.31. The van der Waals surface area contributed by atoms with E-state index in [9.17, 15) is 18.0 Å². The lowest BCUT2D eigenvalue weighted by Crippen LogP contribution is -2.41. The molecular weight excluding hydrogens is 429 g/mol. The van der Waals surface area contributed by atoms with E-state index < -0.39 is 23.5 Å². The van der Waals surface area contributed by atoms with Crippen molar-refractivity contribution in [2.75, 3.05) is 13.7 Å². The summed E-state index contributed by atoms with van der Waals surface area (Å²) < 4.78 is 48.2.